The van der Waals surface area contributed by atoms with E-state index in [2.05, 4.69) is 26.6 Å². The lowest BCUT2D eigenvalue weighted by Crippen LogP contribution is -2.87. The van der Waals surface area contributed by atoms with Crippen LogP contribution in [0.5, 0.6) is 0 Å². The van der Waals surface area contributed by atoms with Gasteiger partial charge in [0.2, 0.25) is 0 Å². The van der Waals surface area contributed by atoms with Gasteiger partial charge in [-0.25, -0.2) is 9.18 Å². The number of hydrogen-bond acceptors (Lipinski definition) is 2. The second-order valence-corrected chi connectivity index (χ2v) is 6.40. The van der Waals surface area contributed by atoms with Crippen LogP contribution in [0.15, 0.2) is 53.0 Å². The smallest absolute Gasteiger partial charge is 0.326 e. The fraction of sp³-hybridized carbons (Fsp3) is 0.222. The Hall–Kier alpha value is -2.25. The van der Waals surface area contributed by atoms with E-state index in [0.29, 0.717) is 0 Å². The minimum atomic E-state index is -0.750. The van der Waals surface area contributed by atoms with Gasteiger partial charge in [0.25, 0.3) is 5.91 Å². The third-order valence-electron chi connectivity index (χ3n) is 3.70. The van der Waals surface area contributed by atoms with Crippen LogP contribution in [0, 0.1) is 5.82 Å². The summed E-state index contributed by atoms with van der Waals surface area (Å²) < 4.78 is 14.5. The molecule has 3 amide bonds. The largest absolute Gasteiger partial charge is 0.332 e. The molecule has 2 aromatic rings. The first kappa shape index (κ1) is 19.1. The predicted molar refractivity (Wildman–Crippen MR) is 97.5 cm³/mol. The van der Waals surface area contributed by atoms with Crippen LogP contribution in [0.4, 0.5) is 14.9 Å². The van der Waals surface area contributed by atoms with Crippen LogP contribution in [0.1, 0.15) is 24.9 Å². The number of rotatable bonds is 6. The molecule has 0 aliphatic rings. The molecule has 0 radical (unpaired) electrons. The van der Waals surface area contributed by atoms with Crippen molar-refractivity contribution in [3.63, 3.8) is 0 Å². The molecule has 0 saturated heterocycles. The van der Waals surface area contributed by atoms with Crippen LogP contribution in [0.25, 0.3) is 0 Å². The highest BCUT2D eigenvalue weighted by molar-refractivity contribution is 9.10. The van der Waals surface area contributed by atoms with E-state index < -0.39 is 17.8 Å². The monoisotopic (exact) mass is 408 g/mol. The molecular formula is C18H20BrFN3O2+. The lowest BCUT2D eigenvalue weighted by Gasteiger charge is -2.14. The zero-order valence-corrected chi connectivity index (χ0v) is 15.3. The van der Waals surface area contributed by atoms with Crippen molar-refractivity contribution in [3.05, 3.63) is 64.4 Å². The van der Waals surface area contributed by atoms with E-state index in [-0.39, 0.29) is 18.3 Å². The van der Waals surface area contributed by atoms with E-state index >= 15 is 0 Å². The van der Waals surface area contributed by atoms with Crippen molar-refractivity contribution in [1.82, 2.24) is 5.32 Å². The zero-order valence-electron chi connectivity index (χ0n) is 13.8. The van der Waals surface area contributed by atoms with Crippen molar-refractivity contribution in [1.29, 1.82) is 0 Å². The van der Waals surface area contributed by atoms with Gasteiger partial charge in [0.05, 0.1) is 5.69 Å². The number of urea groups is 1. The second-order valence-electron chi connectivity index (χ2n) is 5.49. The molecule has 0 heterocycles. The molecule has 0 aliphatic carbocycles. The fourth-order valence-electron chi connectivity index (χ4n) is 2.39. The van der Waals surface area contributed by atoms with Crippen LogP contribution >= 0.6 is 15.9 Å². The number of imide groups is 1. The quantitative estimate of drug-likeness (QED) is 0.687. The van der Waals surface area contributed by atoms with E-state index in [4.69, 9.17) is 0 Å². The first-order valence-corrected chi connectivity index (χ1v) is 8.73. The number of para-hydroxylation sites is 1. The summed E-state index contributed by atoms with van der Waals surface area (Å²) in [4.78, 5) is 23.7. The predicted octanol–water partition coefficient (Wildman–Crippen LogP) is 2.95. The lowest BCUT2D eigenvalue weighted by atomic mass is 10.0. The van der Waals surface area contributed by atoms with Crippen LogP contribution in [0.2, 0.25) is 0 Å². The Bertz CT molecular complexity index is 737. The number of nitrogens with one attached hydrogen (secondary N) is 2. The average molecular weight is 409 g/mol. The number of nitrogens with two attached hydrogens (primary N) is 1. The lowest BCUT2D eigenvalue weighted by molar-refractivity contribution is -0.686. The first-order chi connectivity index (χ1) is 12.0. The Morgan fingerprint density at radius 3 is 2.48 bits per heavy atom. The summed E-state index contributed by atoms with van der Waals surface area (Å²) >= 11 is 3.39. The molecule has 5 nitrogen and oxygen atoms in total. The average Bonchev–Trinajstić information content (AvgIpc) is 2.59. The van der Waals surface area contributed by atoms with Crippen LogP contribution in [-0.4, -0.2) is 18.5 Å². The van der Waals surface area contributed by atoms with E-state index in [1.54, 1.807) is 6.07 Å². The Morgan fingerprint density at radius 2 is 1.84 bits per heavy atom. The Kier molecular flexibility index (Phi) is 7.09. The third kappa shape index (κ3) is 5.95. The summed E-state index contributed by atoms with van der Waals surface area (Å²) in [6.45, 7) is 2.13. The molecule has 0 spiro atoms. The molecule has 25 heavy (non-hydrogen) atoms. The molecule has 0 bridgehead atoms. The van der Waals surface area contributed by atoms with Crippen molar-refractivity contribution >= 4 is 33.6 Å². The molecule has 0 saturated carbocycles. The summed E-state index contributed by atoms with van der Waals surface area (Å²) in [5, 5.41) is 6.39. The van der Waals surface area contributed by atoms with Gasteiger partial charge in [0.1, 0.15) is 11.9 Å². The Labute approximate surface area is 154 Å². The second kappa shape index (κ2) is 9.29. The van der Waals surface area contributed by atoms with E-state index in [0.717, 1.165) is 16.5 Å². The van der Waals surface area contributed by atoms with Gasteiger partial charge in [0.15, 0.2) is 6.54 Å². The molecule has 0 fully saturated rings. The number of carbonyl (C=O) groups is 2. The third-order valence-corrected chi connectivity index (χ3v) is 4.23. The molecule has 0 aliphatic heterocycles. The normalized spacial score (nSPS) is 11.6. The van der Waals surface area contributed by atoms with Crippen molar-refractivity contribution in [2.24, 2.45) is 0 Å². The number of carbonyl (C=O) groups excluding carboxylic acids is 2. The van der Waals surface area contributed by atoms with Gasteiger partial charge in [-0.05, 0) is 24.3 Å². The molecule has 1 atom stereocenters. The van der Waals surface area contributed by atoms with Gasteiger partial charge in [-0.15, -0.1) is 0 Å². The number of quaternary nitrogens is 1. The van der Waals surface area contributed by atoms with E-state index in [1.807, 2.05) is 36.5 Å². The summed E-state index contributed by atoms with van der Waals surface area (Å²) in [6.07, 6.45) is 0.844. The molecule has 7 heteroatoms. The van der Waals surface area contributed by atoms with Crippen LogP contribution in [-0.2, 0) is 4.79 Å². The van der Waals surface area contributed by atoms with Gasteiger partial charge in [-0.1, -0.05) is 47.1 Å². The maximum absolute atomic E-state index is 13.5. The minimum Gasteiger partial charge on any atom is -0.332 e. The fourth-order valence-corrected chi connectivity index (χ4v) is 2.66. The number of hydrogen-bond donors (Lipinski definition) is 3. The highest BCUT2D eigenvalue weighted by atomic mass is 79.9. The van der Waals surface area contributed by atoms with Gasteiger partial charge in [-0.2, -0.15) is 0 Å². The SMILES string of the molecule is CC[C@@H]([NH2+]CC(=O)NC(=O)Nc1ccccc1F)c1ccc(Br)cc1. The summed E-state index contributed by atoms with van der Waals surface area (Å²) in [5.74, 6) is -0.998. The molecule has 132 valence electrons. The maximum atomic E-state index is 13.5. The standard InChI is InChI=1S/C18H19BrFN3O2/c1-2-15(12-7-9-13(19)10-8-12)21-11-17(24)23-18(25)22-16-6-4-3-5-14(16)20/h3-10,15,21H,2,11H2,1H3,(H2,22,23,24,25)/p+1/t15-/m1/s1. The number of amides is 3. The van der Waals surface area contributed by atoms with Crippen molar-refractivity contribution < 1.29 is 19.3 Å². The molecule has 4 N–H and O–H groups in total. The number of halogens is 2. The summed E-state index contributed by atoms with van der Waals surface area (Å²) in [6, 6.07) is 13.0. The van der Waals surface area contributed by atoms with Crippen LogP contribution in [0.3, 0.4) is 0 Å². The van der Waals surface area contributed by atoms with Crippen LogP contribution < -0.4 is 16.0 Å². The Morgan fingerprint density at radius 1 is 1.16 bits per heavy atom. The van der Waals surface area contributed by atoms with Crippen molar-refractivity contribution in [3.8, 4) is 0 Å². The summed E-state index contributed by atoms with van der Waals surface area (Å²) in [5.41, 5.74) is 1.13. The van der Waals surface area contributed by atoms with E-state index in [9.17, 15) is 14.0 Å². The van der Waals surface area contributed by atoms with Gasteiger partial charge in [-0.3, -0.25) is 10.1 Å². The van der Waals surface area contributed by atoms with Gasteiger partial charge < -0.3 is 10.6 Å². The highest BCUT2D eigenvalue weighted by Crippen LogP contribution is 2.16. The molecule has 2 aromatic carbocycles. The highest BCUT2D eigenvalue weighted by Gasteiger charge is 2.16. The maximum Gasteiger partial charge on any atom is 0.326 e. The zero-order chi connectivity index (χ0) is 18.2. The number of anilines is 1. The summed E-state index contributed by atoms with van der Waals surface area (Å²) in [7, 11) is 0. The minimum absolute atomic E-state index is 0.0260. The first-order valence-electron chi connectivity index (χ1n) is 7.93. The van der Waals surface area contributed by atoms with Gasteiger partial charge >= 0.3 is 6.03 Å². The molecule has 0 aromatic heterocycles. The van der Waals surface area contributed by atoms with Crippen molar-refractivity contribution in [2.75, 3.05) is 11.9 Å². The topological polar surface area (TPSA) is 74.8 Å². The molecular weight excluding hydrogens is 389 g/mol. The number of benzene rings is 2. The molecule has 2 rings (SSSR count). The van der Waals surface area contributed by atoms with E-state index in [1.165, 1.54) is 18.2 Å². The van der Waals surface area contributed by atoms with Gasteiger partial charge in [0, 0.05) is 16.5 Å². The van der Waals surface area contributed by atoms with Crippen molar-refractivity contribution in [2.45, 2.75) is 19.4 Å². The Balaban J connectivity index is 1.83. The molecule has 0 unspecified atom stereocenters.